The van der Waals surface area contributed by atoms with Crippen LogP contribution in [0.5, 0.6) is 5.75 Å². The maximum absolute atomic E-state index is 12.3. The van der Waals surface area contributed by atoms with E-state index in [1.165, 1.54) is 11.1 Å². The second kappa shape index (κ2) is 6.65. The molecular formula is C19H21NO2. The lowest BCUT2D eigenvalue weighted by Gasteiger charge is -2.26. The van der Waals surface area contributed by atoms with Crippen LogP contribution in [0.4, 0.5) is 0 Å². The first-order chi connectivity index (χ1) is 10.8. The van der Waals surface area contributed by atoms with Gasteiger partial charge in [-0.1, -0.05) is 36.4 Å². The van der Waals surface area contributed by atoms with Gasteiger partial charge in [-0.25, -0.2) is 0 Å². The third-order valence-corrected chi connectivity index (χ3v) is 4.23. The van der Waals surface area contributed by atoms with Gasteiger partial charge in [0.25, 0.3) is 0 Å². The molecule has 0 saturated heterocycles. The monoisotopic (exact) mass is 295 g/mol. The van der Waals surface area contributed by atoms with Crippen molar-refractivity contribution in [1.29, 1.82) is 0 Å². The Labute approximate surface area is 131 Å². The summed E-state index contributed by atoms with van der Waals surface area (Å²) in [5, 5.41) is 3.18. The maximum atomic E-state index is 12.3. The Hall–Kier alpha value is -2.29. The van der Waals surface area contributed by atoms with E-state index in [1.807, 2.05) is 30.3 Å². The molecule has 114 valence electrons. The highest BCUT2D eigenvalue weighted by atomic mass is 16.5. The van der Waals surface area contributed by atoms with Gasteiger partial charge in [-0.05, 0) is 48.1 Å². The van der Waals surface area contributed by atoms with Gasteiger partial charge >= 0.3 is 0 Å². The number of carbonyl (C=O) groups is 1. The van der Waals surface area contributed by atoms with Crippen LogP contribution < -0.4 is 10.1 Å². The molecule has 1 aliphatic rings. The van der Waals surface area contributed by atoms with Crippen molar-refractivity contribution < 1.29 is 9.53 Å². The average Bonchev–Trinajstić information content (AvgIpc) is 2.56. The van der Waals surface area contributed by atoms with Gasteiger partial charge in [-0.2, -0.15) is 0 Å². The number of amides is 1. The molecule has 0 aliphatic heterocycles. The van der Waals surface area contributed by atoms with E-state index in [1.54, 1.807) is 7.11 Å². The molecule has 0 bridgehead atoms. The summed E-state index contributed by atoms with van der Waals surface area (Å²) in [7, 11) is 1.64. The summed E-state index contributed by atoms with van der Waals surface area (Å²) in [6, 6.07) is 16.2. The van der Waals surface area contributed by atoms with E-state index in [-0.39, 0.29) is 11.9 Å². The molecule has 2 aromatic carbocycles. The van der Waals surface area contributed by atoms with Crippen molar-refractivity contribution in [1.82, 2.24) is 5.32 Å². The highest BCUT2D eigenvalue weighted by molar-refractivity contribution is 5.79. The summed E-state index contributed by atoms with van der Waals surface area (Å²) < 4.78 is 5.13. The number of nitrogens with one attached hydrogen (secondary N) is 1. The zero-order valence-electron chi connectivity index (χ0n) is 12.8. The predicted molar refractivity (Wildman–Crippen MR) is 87.0 cm³/mol. The Morgan fingerprint density at radius 3 is 2.73 bits per heavy atom. The second-order valence-electron chi connectivity index (χ2n) is 5.74. The van der Waals surface area contributed by atoms with Gasteiger partial charge in [-0.3, -0.25) is 4.79 Å². The van der Waals surface area contributed by atoms with E-state index < -0.39 is 0 Å². The molecule has 22 heavy (non-hydrogen) atoms. The maximum Gasteiger partial charge on any atom is 0.224 e. The first-order valence-electron chi connectivity index (χ1n) is 7.76. The second-order valence-corrected chi connectivity index (χ2v) is 5.74. The van der Waals surface area contributed by atoms with Crippen molar-refractivity contribution in [3.63, 3.8) is 0 Å². The molecule has 3 rings (SSSR count). The number of ether oxygens (including phenoxy) is 1. The van der Waals surface area contributed by atoms with E-state index in [0.717, 1.165) is 30.6 Å². The molecule has 1 N–H and O–H groups in total. The van der Waals surface area contributed by atoms with Gasteiger partial charge in [0.2, 0.25) is 5.91 Å². The molecule has 0 aromatic heterocycles. The minimum Gasteiger partial charge on any atom is -0.497 e. The van der Waals surface area contributed by atoms with Gasteiger partial charge in [0.1, 0.15) is 5.75 Å². The van der Waals surface area contributed by atoms with E-state index in [2.05, 4.69) is 23.5 Å². The lowest BCUT2D eigenvalue weighted by Crippen LogP contribution is -2.32. The summed E-state index contributed by atoms with van der Waals surface area (Å²) >= 11 is 0. The number of hydrogen-bond acceptors (Lipinski definition) is 2. The molecular weight excluding hydrogens is 274 g/mol. The minimum atomic E-state index is 0.0758. The van der Waals surface area contributed by atoms with Crippen LogP contribution in [-0.2, 0) is 17.6 Å². The van der Waals surface area contributed by atoms with Gasteiger partial charge in [0, 0.05) is 0 Å². The summed E-state index contributed by atoms with van der Waals surface area (Å²) in [5.74, 6) is 0.886. The number of aryl methyl sites for hydroxylation is 1. The fourth-order valence-electron chi connectivity index (χ4n) is 3.08. The SMILES string of the molecule is COc1ccc(CC(=O)N[C@@H]2CCCc3ccccc32)cc1. The Kier molecular flexibility index (Phi) is 4.42. The Morgan fingerprint density at radius 1 is 1.18 bits per heavy atom. The normalized spacial score (nSPS) is 16.7. The van der Waals surface area contributed by atoms with Crippen molar-refractivity contribution in [3.05, 3.63) is 65.2 Å². The molecule has 0 heterocycles. The minimum absolute atomic E-state index is 0.0758. The fourth-order valence-corrected chi connectivity index (χ4v) is 3.08. The zero-order chi connectivity index (χ0) is 15.4. The van der Waals surface area contributed by atoms with E-state index in [9.17, 15) is 4.79 Å². The van der Waals surface area contributed by atoms with Crippen molar-refractivity contribution in [2.45, 2.75) is 31.7 Å². The summed E-state index contributed by atoms with van der Waals surface area (Å²) in [6.07, 6.45) is 3.67. The first kappa shape index (κ1) is 14.6. The Morgan fingerprint density at radius 2 is 1.95 bits per heavy atom. The fraction of sp³-hybridized carbons (Fsp3) is 0.316. The number of rotatable bonds is 4. The van der Waals surface area contributed by atoms with Crippen LogP contribution in [0.1, 0.15) is 35.6 Å². The summed E-state index contributed by atoms with van der Waals surface area (Å²) in [6.45, 7) is 0. The van der Waals surface area contributed by atoms with Gasteiger partial charge in [0.05, 0.1) is 19.6 Å². The first-order valence-corrected chi connectivity index (χ1v) is 7.76. The van der Waals surface area contributed by atoms with E-state index in [4.69, 9.17) is 4.74 Å². The van der Waals surface area contributed by atoms with Crippen LogP contribution in [0.25, 0.3) is 0 Å². The molecule has 0 saturated carbocycles. The Balaban J connectivity index is 1.65. The van der Waals surface area contributed by atoms with Crippen molar-refractivity contribution in [2.24, 2.45) is 0 Å². The molecule has 1 atom stereocenters. The van der Waals surface area contributed by atoms with Crippen molar-refractivity contribution in [3.8, 4) is 5.75 Å². The van der Waals surface area contributed by atoms with Crippen LogP contribution in [0.2, 0.25) is 0 Å². The molecule has 3 heteroatoms. The smallest absolute Gasteiger partial charge is 0.224 e. The third-order valence-electron chi connectivity index (χ3n) is 4.23. The zero-order valence-corrected chi connectivity index (χ0v) is 12.8. The molecule has 3 nitrogen and oxygen atoms in total. The molecule has 0 spiro atoms. The summed E-state index contributed by atoms with van der Waals surface area (Å²) in [5.41, 5.74) is 3.64. The lowest BCUT2D eigenvalue weighted by atomic mass is 9.87. The molecule has 1 amide bonds. The number of carbonyl (C=O) groups excluding carboxylic acids is 1. The van der Waals surface area contributed by atoms with Crippen LogP contribution in [0, 0.1) is 0 Å². The molecule has 2 aromatic rings. The van der Waals surface area contributed by atoms with E-state index in [0.29, 0.717) is 6.42 Å². The van der Waals surface area contributed by atoms with Gasteiger partial charge in [-0.15, -0.1) is 0 Å². The van der Waals surface area contributed by atoms with Crippen molar-refractivity contribution >= 4 is 5.91 Å². The number of hydrogen-bond donors (Lipinski definition) is 1. The number of methoxy groups -OCH3 is 1. The highest BCUT2D eigenvalue weighted by Crippen LogP contribution is 2.29. The summed E-state index contributed by atoms with van der Waals surface area (Å²) in [4.78, 5) is 12.3. The predicted octanol–water partition coefficient (Wildman–Crippen LogP) is 3.43. The van der Waals surface area contributed by atoms with Gasteiger partial charge in [0.15, 0.2) is 0 Å². The van der Waals surface area contributed by atoms with Crippen LogP contribution in [0.15, 0.2) is 48.5 Å². The number of fused-ring (bicyclic) bond motifs is 1. The number of benzene rings is 2. The molecule has 0 unspecified atom stereocenters. The topological polar surface area (TPSA) is 38.3 Å². The largest absolute Gasteiger partial charge is 0.497 e. The standard InChI is InChI=1S/C19H21NO2/c1-22-16-11-9-14(10-12-16)13-19(21)20-18-8-4-6-15-5-2-3-7-17(15)18/h2-3,5,7,9-12,18H,4,6,8,13H2,1H3,(H,20,21)/t18-/m1/s1. The third kappa shape index (κ3) is 3.30. The molecule has 0 radical (unpaired) electrons. The van der Waals surface area contributed by atoms with E-state index >= 15 is 0 Å². The van der Waals surface area contributed by atoms with Crippen molar-refractivity contribution in [2.75, 3.05) is 7.11 Å². The quantitative estimate of drug-likeness (QED) is 0.938. The lowest BCUT2D eigenvalue weighted by molar-refractivity contribution is -0.121. The van der Waals surface area contributed by atoms with Crippen LogP contribution >= 0.6 is 0 Å². The van der Waals surface area contributed by atoms with Crippen LogP contribution in [-0.4, -0.2) is 13.0 Å². The molecule has 1 aliphatic carbocycles. The van der Waals surface area contributed by atoms with Gasteiger partial charge < -0.3 is 10.1 Å². The average molecular weight is 295 g/mol. The molecule has 0 fully saturated rings. The Bertz CT molecular complexity index is 649. The van der Waals surface area contributed by atoms with Crippen LogP contribution in [0.3, 0.4) is 0 Å². The highest BCUT2D eigenvalue weighted by Gasteiger charge is 2.21.